The average molecular weight is 1950 g/mol. The number of piperazine rings is 3. The van der Waals surface area contributed by atoms with Crippen LogP contribution in [0.25, 0.3) is 66.5 Å². The smallest absolute Gasteiger partial charge is 0.337 e. The molecule has 6 N–H and O–H groups in total. The van der Waals surface area contributed by atoms with Crippen molar-refractivity contribution in [2.45, 2.75) is 112 Å². The lowest BCUT2D eigenvalue weighted by Crippen LogP contribution is -2.58. The van der Waals surface area contributed by atoms with Gasteiger partial charge < -0.3 is 50.5 Å². The number of nitrogens with zero attached hydrogens (tertiary/aromatic N) is 14. The van der Waals surface area contributed by atoms with Crippen LogP contribution in [0.4, 0.5) is 17.5 Å². The fourth-order valence-corrected chi connectivity index (χ4v) is 19.2. The number of anilines is 3. The highest BCUT2D eigenvalue weighted by molar-refractivity contribution is 6.43. The first-order valence-corrected chi connectivity index (χ1v) is 46.4. The molecule has 0 atom stereocenters. The molecule has 0 bridgehead atoms. The van der Waals surface area contributed by atoms with Gasteiger partial charge in [0.2, 0.25) is 0 Å². The monoisotopic (exact) mass is 1950 g/mol. The Bertz CT molecular complexity index is 6630. The maximum absolute atomic E-state index is 13.5. The first-order chi connectivity index (χ1) is 65.1. The number of carbonyl (C=O) groups excluding carboxylic acids is 2. The van der Waals surface area contributed by atoms with E-state index in [1.807, 2.05) is 49.6 Å². The molecule has 3 fully saturated rings. The van der Waals surface area contributed by atoms with Crippen LogP contribution in [0.5, 0.6) is 28.7 Å². The van der Waals surface area contributed by atoms with Gasteiger partial charge in [0.15, 0.2) is 0 Å². The van der Waals surface area contributed by atoms with Crippen molar-refractivity contribution in [2.75, 3.05) is 111 Å². The predicted octanol–water partition coefficient (Wildman–Crippen LogP) is 20.8. The van der Waals surface area contributed by atoms with Crippen molar-refractivity contribution in [3.63, 3.8) is 0 Å². The maximum Gasteiger partial charge on any atom is 0.337 e. The van der Waals surface area contributed by atoms with Gasteiger partial charge in [-0.25, -0.2) is 19.7 Å². The van der Waals surface area contributed by atoms with E-state index in [-0.39, 0.29) is 39.5 Å². The minimum Gasteiger partial charge on any atom is -0.495 e. The number of rotatable bonds is 23. The lowest BCUT2D eigenvalue weighted by atomic mass is 9.97. The van der Waals surface area contributed by atoms with E-state index in [1.54, 1.807) is 67.1 Å². The van der Waals surface area contributed by atoms with Crippen molar-refractivity contribution in [2.24, 2.45) is 0 Å². The molecule has 3 aliphatic heterocycles. The number of carboxylic acids is 1. The normalized spacial score (nSPS) is 14.9. The summed E-state index contributed by atoms with van der Waals surface area (Å²) in [5.74, 6) is 1.73. The van der Waals surface area contributed by atoms with Crippen LogP contribution in [0.15, 0.2) is 195 Å². The van der Waals surface area contributed by atoms with E-state index < -0.39 is 5.97 Å². The van der Waals surface area contributed by atoms with Crippen LogP contribution in [0, 0.1) is 20.8 Å². The molecule has 0 saturated carbocycles. The van der Waals surface area contributed by atoms with Gasteiger partial charge in [-0.2, -0.15) is 0 Å². The molecule has 706 valence electrons. The molecule has 0 aliphatic carbocycles. The molecule has 17 rings (SSSR count). The fourth-order valence-electron chi connectivity index (χ4n) is 17.2. The first-order valence-electron chi connectivity index (χ1n) is 44.1. The predicted molar refractivity (Wildman–Crippen MR) is 542 cm³/mol. The zero-order valence-electron chi connectivity index (χ0n) is 78.2. The number of hydrogen-bond acceptors (Lipinski definition) is 24. The number of amides is 2. The number of nitrogen functional groups attached to an aromatic ring is 1. The van der Waals surface area contributed by atoms with Crippen molar-refractivity contribution in [3.05, 3.63) is 287 Å². The third-order valence-electron chi connectivity index (χ3n) is 24.3. The summed E-state index contributed by atoms with van der Waals surface area (Å²) < 4.78 is 27.0. The molecular weight excluding hydrogens is 1850 g/mol. The molecule has 8 aromatic carbocycles. The largest absolute Gasteiger partial charge is 0.495 e. The van der Waals surface area contributed by atoms with Crippen molar-refractivity contribution in [1.82, 2.24) is 74.7 Å². The van der Waals surface area contributed by atoms with Crippen LogP contribution in [-0.4, -0.2) is 203 Å². The second-order valence-electron chi connectivity index (χ2n) is 35.5. The Morgan fingerprint density at radius 3 is 1.05 bits per heavy atom. The molecule has 6 aromatic heterocycles. The van der Waals surface area contributed by atoms with Gasteiger partial charge in [0.05, 0.1) is 98.9 Å². The number of ether oxygens (including phenoxy) is 5. The van der Waals surface area contributed by atoms with E-state index in [1.165, 1.54) is 94.2 Å². The second-order valence-corrected chi connectivity index (χ2v) is 37.8. The number of aromatic carboxylic acids is 1. The summed E-state index contributed by atoms with van der Waals surface area (Å²) in [6.45, 7) is 33.3. The summed E-state index contributed by atoms with van der Waals surface area (Å²) in [5, 5.41) is 20.6. The molecule has 0 radical (unpaired) electrons. The van der Waals surface area contributed by atoms with Gasteiger partial charge in [-0.1, -0.05) is 166 Å². The number of halogens is 6. The van der Waals surface area contributed by atoms with E-state index in [2.05, 4.69) is 195 Å². The summed E-state index contributed by atoms with van der Waals surface area (Å²) in [6, 6.07) is 44.2. The van der Waals surface area contributed by atoms with Crippen LogP contribution < -0.4 is 45.4 Å². The van der Waals surface area contributed by atoms with E-state index in [9.17, 15) is 19.5 Å². The van der Waals surface area contributed by atoms with E-state index in [0.29, 0.717) is 148 Å². The quantitative estimate of drug-likeness (QED) is 0.0397. The number of nitrogens with two attached hydrogens (primary N) is 1. The van der Waals surface area contributed by atoms with Crippen molar-refractivity contribution < 1.29 is 43.2 Å². The number of nitrogens with one attached hydrogen (secondary N) is 3. The molecular formula is C103H108Cl6N18O9. The SMILES string of the molecule is COc1cc(C)c(Cl)c(-c2ccc(C(=O)O)c3nccnc23)c1Cl.COc1cc(OC)c(Cl)c(-c2ccc(C(=O)Nc3ccc(CN4CCN(Cc5ccc(C)cc5)C(C)(C)C4)cn3)c3nccnc23)c1Cl.COc1cc(OC)c(Cl)c(-c2ccc(C(=O)Nc3ccc(CN4CCNC(C)(C)C4)cn3)c3nccnc23)c1Cl.Cc1ccc(CN2CCN(Cc3ccc(N)nc3)CC2(C)C)cc1. The van der Waals surface area contributed by atoms with Gasteiger partial charge in [-0.3, -0.25) is 64.0 Å². The minimum absolute atomic E-state index is 0.0288. The molecule has 0 unspecified atom stereocenters. The van der Waals surface area contributed by atoms with Crippen LogP contribution >= 0.6 is 69.6 Å². The lowest BCUT2D eigenvalue weighted by molar-refractivity contribution is 0.0102. The number of hydrogen-bond donors (Lipinski definition) is 5. The molecule has 136 heavy (non-hydrogen) atoms. The second kappa shape index (κ2) is 44.0. The molecule has 33 heteroatoms. The number of aryl methyl sites for hydroxylation is 3. The lowest BCUT2D eigenvalue weighted by Gasteiger charge is -2.47. The highest BCUT2D eigenvalue weighted by Crippen LogP contribution is 2.51. The summed E-state index contributed by atoms with van der Waals surface area (Å²) in [7, 11) is 7.56. The van der Waals surface area contributed by atoms with Crippen LogP contribution in [-0.2, 0) is 32.7 Å². The van der Waals surface area contributed by atoms with Crippen LogP contribution in [0.1, 0.15) is 117 Å². The fraction of sp³-hybridized carbons (Fsp3) is 0.301. The standard InChI is InChI=1S/C37H38Cl2N6O3.C29H30Cl2N6O3.C20H28N4.C17H12Cl2N2O3/c1-23-6-8-24(9-7-23)21-45-17-16-44(22-37(45,2)3)20-25-10-13-30(42-19-25)43-36(46)27-12-11-26(34-35(27)41-15-14-40-34)31-32(38)28(47-4)18-29(48-5)33(31)39;1-29(2)16-37(12-11-35-29)15-17-5-8-22(34-14-17)36-28(38)19-7-6-18(26-27(19)33-10-9-32-26)23-24(30)20(39-3)13-21(40-4)25(23)31;1-16-4-6-17(7-5-16)14-24-11-10-23(15-20(24,2)3)13-18-8-9-19(21)22-12-18;1-8-7-11(24-2)14(19)12(13(8)18)9-3-4-10(17(22)23)16-15(9)20-5-6-21-16/h6-15,18-19H,16-17,20-22H2,1-5H3,(H,42,43,46);5-10,13-14,35H,11-12,15-16H2,1-4H3,(H,34,36,38);4-9,12H,10-11,13-15H2,1-3H3,(H2,21,22);3-7H,1-2H3,(H,22,23). The Morgan fingerprint density at radius 1 is 0.382 bits per heavy atom. The molecule has 9 heterocycles. The number of aromatic nitrogens is 9. The third kappa shape index (κ3) is 23.4. The van der Waals surface area contributed by atoms with E-state index >= 15 is 0 Å². The topological polar surface area (TPSA) is 312 Å². The molecule has 2 amide bonds. The van der Waals surface area contributed by atoms with Crippen molar-refractivity contribution in [3.8, 4) is 62.1 Å². The third-order valence-corrected chi connectivity index (χ3v) is 26.6. The molecule has 14 aromatic rings. The van der Waals surface area contributed by atoms with Crippen molar-refractivity contribution in [1.29, 1.82) is 0 Å². The van der Waals surface area contributed by atoms with Gasteiger partial charge in [-0.15, -0.1) is 0 Å². The van der Waals surface area contributed by atoms with Crippen molar-refractivity contribution >= 4 is 138 Å². The number of fused-ring (bicyclic) bond motifs is 3. The summed E-state index contributed by atoms with van der Waals surface area (Å²) in [4.78, 5) is 90.5. The average Bonchev–Trinajstić information content (AvgIpc) is 0.764. The Morgan fingerprint density at radius 2 is 0.713 bits per heavy atom. The highest BCUT2D eigenvalue weighted by Gasteiger charge is 2.37. The number of carboxylic acid groups (broad SMARTS) is 1. The zero-order valence-corrected chi connectivity index (χ0v) is 82.7. The molecule has 0 spiro atoms. The van der Waals surface area contributed by atoms with Crippen LogP contribution in [0.3, 0.4) is 0 Å². The first kappa shape index (κ1) is 99.9. The zero-order chi connectivity index (χ0) is 97.0. The van der Waals surface area contributed by atoms with Gasteiger partial charge in [-0.05, 0) is 138 Å². The number of carbonyl (C=O) groups is 3. The van der Waals surface area contributed by atoms with E-state index in [0.717, 1.165) is 108 Å². The van der Waals surface area contributed by atoms with Gasteiger partial charge in [0.1, 0.15) is 62.8 Å². The molecule has 3 aliphatic rings. The summed E-state index contributed by atoms with van der Waals surface area (Å²) >= 11 is 39.7. The molecule has 27 nitrogen and oxygen atoms in total. The Hall–Kier alpha value is -12.1. The Kier molecular flexibility index (Phi) is 32.3. The maximum atomic E-state index is 13.5. The summed E-state index contributed by atoms with van der Waals surface area (Å²) in [6.07, 6.45) is 14.6. The Balaban J connectivity index is 0.000000151. The van der Waals surface area contributed by atoms with E-state index in [4.69, 9.17) is 99.0 Å². The number of methoxy groups -OCH3 is 5. The van der Waals surface area contributed by atoms with Crippen LogP contribution in [0.2, 0.25) is 30.1 Å². The molecule has 3 saturated heterocycles. The number of benzene rings is 8. The minimum atomic E-state index is -1.08. The summed E-state index contributed by atoms with van der Waals surface area (Å²) in [5.41, 5.74) is 21.8. The van der Waals surface area contributed by atoms with Gasteiger partial charge >= 0.3 is 5.97 Å². The van der Waals surface area contributed by atoms with Gasteiger partial charge in [0.25, 0.3) is 11.8 Å². The Labute approximate surface area is 821 Å². The van der Waals surface area contributed by atoms with Gasteiger partial charge in [0, 0.05) is 210 Å². The number of pyridine rings is 3. The highest BCUT2D eigenvalue weighted by atomic mass is 35.5.